The van der Waals surface area contributed by atoms with Gasteiger partial charge >= 0.3 is 0 Å². The van der Waals surface area contributed by atoms with Crippen LogP contribution in [-0.4, -0.2) is 0 Å². The lowest BCUT2D eigenvalue weighted by Crippen LogP contribution is -1.81. The molecule has 0 nitrogen and oxygen atoms in total. The summed E-state index contributed by atoms with van der Waals surface area (Å²) < 4.78 is 0. The van der Waals surface area contributed by atoms with Crippen LogP contribution >= 0.6 is 0 Å². The van der Waals surface area contributed by atoms with Crippen LogP contribution in [0.4, 0.5) is 0 Å². The first-order chi connectivity index (χ1) is 8.95. The molecule has 0 amide bonds. The Morgan fingerprint density at radius 1 is 0.286 bits per heavy atom. The molecule has 0 N–H and O–H groups in total. The zero-order chi connectivity index (χ0) is 11.9. The number of fused-ring (bicyclic) bond motifs is 6. The van der Waals surface area contributed by atoms with E-state index in [1.165, 1.54) is 32.3 Å². The Balaban J connectivity index is 0.000000735. The van der Waals surface area contributed by atoms with E-state index in [9.17, 15) is 0 Å². The van der Waals surface area contributed by atoms with Gasteiger partial charge in [0.25, 0.3) is 0 Å². The van der Waals surface area contributed by atoms with Gasteiger partial charge in [0.05, 0.1) is 0 Å². The molecule has 21 heavy (non-hydrogen) atoms. The fourth-order valence-corrected chi connectivity index (χ4v) is 2.86. The number of rotatable bonds is 0. The van der Waals surface area contributed by atoms with Gasteiger partial charge in [-0.25, -0.2) is 0 Å². The molecule has 4 aromatic carbocycles. The smallest absolute Gasteiger partial charge is 0.00990 e. The van der Waals surface area contributed by atoms with Gasteiger partial charge in [-0.05, 0) is 32.3 Å². The predicted molar refractivity (Wildman–Crippen MR) is 99.2 cm³/mol. The molecule has 0 saturated carbocycles. The number of hydrogen-bond donors (Lipinski definition) is 0. The van der Waals surface area contributed by atoms with E-state index in [2.05, 4.69) is 72.8 Å². The highest BCUT2D eigenvalue weighted by molar-refractivity contribution is 6.25. The minimum atomic E-state index is 0. The molecule has 108 valence electrons. The third-order valence-electron chi connectivity index (χ3n) is 3.65. The van der Waals surface area contributed by atoms with Crippen molar-refractivity contribution in [2.45, 2.75) is 22.3 Å². The van der Waals surface area contributed by atoms with E-state index < -0.39 is 0 Å². The summed E-state index contributed by atoms with van der Waals surface area (Å²) in [7, 11) is 0. The van der Waals surface area contributed by atoms with Crippen molar-refractivity contribution < 1.29 is 0 Å². The Labute approximate surface area is 128 Å². The molecule has 0 aliphatic heterocycles. The van der Waals surface area contributed by atoms with Crippen molar-refractivity contribution >= 4 is 32.3 Å². The Hall–Kier alpha value is -2.34. The molecular formula is C21H24. The van der Waals surface area contributed by atoms with Crippen LogP contribution in [0.5, 0.6) is 0 Å². The monoisotopic (exact) mass is 276 g/mol. The summed E-state index contributed by atoms with van der Waals surface area (Å²) in [6, 6.07) is 26.0. The van der Waals surface area contributed by atoms with Gasteiger partial charge in [0.2, 0.25) is 0 Å². The summed E-state index contributed by atoms with van der Waals surface area (Å²) in [6.45, 7) is 0. The highest BCUT2D eigenvalue weighted by Crippen LogP contribution is 2.34. The molecule has 0 unspecified atom stereocenters. The number of benzene rings is 4. The normalized spacial score (nSPS) is 9.71. The molecule has 0 atom stereocenters. The lowest BCUT2D eigenvalue weighted by atomic mass is 9.95. The van der Waals surface area contributed by atoms with E-state index in [0.29, 0.717) is 0 Å². The zero-order valence-corrected chi connectivity index (χ0v) is 9.93. The van der Waals surface area contributed by atoms with E-state index in [1.54, 1.807) is 0 Å². The van der Waals surface area contributed by atoms with Crippen LogP contribution < -0.4 is 0 Å². The maximum Gasteiger partial charge on any atom is -0.00990 e. The van der Waals surface area contributed by atoms with Crippen LogP contribution in [0, 0.1) is 0 Å². The third-order valence-corrected chi connectivity index (χ3v) is 3.65. The second kappa shape index (κ2) is 6.41. The van der Waals surface area contributed by atoms with Crippen molar-refractivity contribution in [2.75, 3.05) is 0 Å². The highest BCUT2D eigenvalue weighted by Gasteiger charge is 2.06. The molecule has 4 aromatic rings. The molecular weight excluding hydrogens is 252 g/mol. The topological polar surface area (TPSA) is 0 Å². The molecule has 0 heterocycles. The van der Waals surface area contributed by atoms with Crippen molar-refractivity contribution in [2.24, 2.45) is 0 Å². The van der Waals surface area contributed by atoms with Crippen LogP contribution in [0.3, 0.4) is 0 Å². The van der Waals surface area contributed by atoms with Gasteiger partial charge in [-0.15, -0.1) is 0 Å². The molecule has 0 saturated heterocycles. The van der Waals surface area contributed by atoms with E-state index in [1.807, 2.05) is 0 Å². The largest absolute Gasteiger partial charge is 0.0776 e. The first-order valence-electron chi connectivity index (χ1n) is 6.23. The second-order valence-electron chi connectivity index (χ2n) is 4.64. The molecule has 0 bridgehead atoms. The first-order valence-corrected chi connectivity index (χ1v) is 6.23. The average Bonchev–Trinajstić information content (AvgIpc) is 2.48. The van der Waals surface area contributed by atoms with Crippen LogP contribution in [0.15, 0.2) is 72.8 Å². The van der Waals surface area contributed by atoms with Gasteiger partial charge in [0, 0.05) is 0 Å². The lowest BCUT2D eigenvalue weighted by molar-refractivity contribution is 1.77. The summed E-state index contributed by atoms with van der Waals surface area (Å²) in [5, 5.41) is 8.04. The molecule has 0 spiro atoms. The van der Waals surface area contributed by atoms with E-state index in [0.717, 1.165) is 0 Å². The van der Waals surface area contributed by atoms with Crippen molar-refractivity contribution in [1.82, 2.24) is 0 Å². The number of hydrogen-bond acceptors (Lipinski definition) is 0. The van der Waals surface area contributed by atoms with E-state index in [4.69, 9.17) is 0 Å². The third kappa shape index (κ3) is 2.38. The molecule has 0 fully saturated rings. The summed E-state index contributed by atoms with van der Waals surface area (Å²) in [6.07, 6.45) is 0. The van der Waals surface area contributed by atoms with Gasteiger partial charge in [0.15, 0.2) is 0 Å². The molecule has 0 radical (unpaired) electrons. The Morgan fingerprint density at radius 3 is 0.571 bits per heavy atom. The highest BCUT2D eigenvalue weighted by atomic mass is 14.1. The fraction of sp³-hybridized carbons (Fsp3) is 0.143. The summed E-state index contributed by atoms with van der Waals surface area (Å²) in [4.78, 5) is 0. The summed E-state index contributed by atoms with van der Waals surface area (Å²) in [5.74, 6) is 0. The minimum Gasteiger partial charge on any atom is -0.0776 e. The lowest BCUT2D eigenvalue weighted by Gasteiger charge is -2.09. The molecule has 0 aromatic heterocycles. The van der Waals surface area contributed by atoms with Crippen LogP contribution in [0.25, 0.3) is 32.3 Å². The van der Waals surface area contributed by atoms with Crippen LogP contribution in [0.1, 0.15) is 22.3 Å². The minimum absolute atomic E-state index is 0. The maximum atomic E-state index is 2.21. The second-order valence-corrected chi connectivity index (χ2v) is 4.64. The zero-order valence-electron chi connectivity index (χ0n) is 9.93. The van der Waals surface area contributed by atoms with Gasteiger partial charge < -0.3 is 0 Å². The SMILES string of the molecule is C.C.C.c1ccc2c(c1)c1ccccc1c1ccccc21. The van der Waals surface area contributed by atoms with Gasteiger partial charge in [0.1, 0.15) is 0 Å². The van der Waals surface area contributed by atoms with Crippen molar-refractivity contribution in [3.05, 3.63) is 72.8 Å². The van der Waals surface area contributed by atoms with Gasteiger partial charge in [-0.2, -0.15) is 0 Å². The van der Waals surface area contributed by atoms with Crippen molar-refractivity contribution in [1.29, 1.82) is 0 Å². The Bertz CT molecular complexity index is 652. The van der Waals surface area contributed by atoms with Crippen molar-refractivity contribution in [3.8, 4) is 0 Å². The Morgan fingerprint density at radius 2 is 0.429 bits per heavy atom. The molecule has 4 rings (SSSR count). The maximum absolute atomic E-state index is 2.21. The van der Waals surface area contributed by atoms with Gasteiger partial charge in [-0.3, -0.25) is 0 Å². The first kappa shape index (κ1) is 16.7. The van der Waals surface area contributed by atoms with E-state index >= 15 is 0 Å². The van der Waals surface area contributed by atoms with Crippen LogP contribution in [0.2, 0.25) is 0 Å². The molecule has 0 aliphatic carbocycles. The Kier molecular flexibility index (Phi) is 5.10. The summed E-state index contributed by atoms with van der Waals surface area (Å²) >= 11 is 0. The quantitative estimate of drug-likeness (QED) is 0.302. The van der Waals surface area contributed by atoms with Gasteiger partial charge in [-0.1, -0.05) is 95.1 Å². The molecule has 0 aliphatic rings. The molecule has 0 heteroatoms. The van der Waals surface area contributed by atoms with Crippen LogP contribution in [-0.2, 0) is 0 Å². The standard InChI is InChI=1S/C18H12.3CH4/c1-2-8-14-13(7-1)15-9-3-4-11-17(15)18-12-6-5-10-16(14)18;;;/h1-12H;3*1H4. The van der Waals surface area contributed by atoms with Crippen molar-refractivity contribution in [3.63, 3.8) is 0 Å². The predicted octanol–water partition coefficient (Wildman–Crippen LogP) is 7.05. The average molecular weight is 276 g/mol. The summed E-state index contributed by atoms with van der Waals surface area (Å²) in [5.41, 5.74) is 0. The fourth-order valence-electron chi connectivity index (χ4n) is 2.86. The van der Waals surface area contributed by atoms with E-state index in [-0.39, 0.29) is 22.3 Å².